The molecule has 0 bridgehead atoms. The number of hydrogen-bond donors (Lipinski definition) is 0. The maximum Gasteiger partial charge on any atom is 0.116 e. The van der Waals surface area contributed by atoms with Crippen molar-refractivity contribution in [1.82, 2.24) is 9.78 Å². The largest absolute Gasteiger partial charge is 0.513 e. The van der Waals surface area contributed by atoms with Crippen LogP contribution in [0.25, 0.3) is 27.6 Å². The fourth-order valence-corrected chi connectivity index (χ4v) is 4.07. The smallest absolute Gasteiger partial charge is 0.116 e. The van der Waals surface area contributed by atoms with Crippen LogP contribution in [0, 0.1) is 6.07 Å². The van der Waals surface area contributed by atoms with Crippen molar-refractivity contribution in [1.29, 1.82) is 0 Å². The van der Waals surface area contributed by atoms with Crippen LogP contribution >= 0.6 is 0 Å². The Morgan fingerprint density at radius 3 is 2.09 bits per heavy atom. The molecule has 0 N–H and O–H groups in total. The number of fused-ring (bicyclic) bond motifs is 3. The van der Waals surface area contributed by atoms with Crippen LogP contribution < -0.4 is 4.90 Å². The van der Waals surface area contributed by atoms with E-state index in [0.29, 0.717) is 0 Å². The van der Waals surface area contributed by atoms with Crippen molar-refractivity contribution in [3.05, 3.63) is 116 Å². The van der Waals surface area contributed by atoms with Gasteiger partial charge in [0.05, 0.1) is 0 Å². The summed E-state index contributed by atoms with van der Waals surface area (Å²) in [5, 5.41) is 6.51. The number of nitrogens with zero attached hydrogens (tertiary/aromatic N) is 3. The molecule has 0 aliphatic carbocycles. The van der Waals surface area contributed by atoms with Crippen molar-refractivity contribution >= 4 is 39.0 Å². The van der Waals surface area contributed by atoms with Gasteiger partial charge in [-0.3, -0.25) is 4.68 Å². The van der Waals surface area contributed by atoms with Gasteiger partial charge in [0.25, 0.3) is 0 Å². The average Bonchev–Trinajstić information content (AvgIpc) is 3.49. The summed E-state index contributed by atoms with van der Waals surface area (Å²) in [6, 6.07) is 36.2. The van der Waals surface area contributed by atoms with Gasteiger partial charge in [0.2, 0.25) is 0 Å². The Kier molecular flexibility index (Phi) is 5.36. The Balaban J connectivity index is 0.00000216. The second-order valence-electron chi connectivity index (χ2n) is 7.28. The molecular weight excluding hydrogens is 575 g/mol. The van der Waals surface area contributed by atoms with Crippen LogP contribution in [0.1, 0.15) is 0 Å². The fourth-order valence-electron chi connectivity index (χ4n) is 4.07. The number of furan rings is 1. The van der Waals surface area contributed by atoms with Crippen LogP contribution in [0.5, 0.6) is 0 Å². The van der Waals surface area contributed by atoms with E-state index in [9.17, 15) is 0 Å². The second-order valence-corrected chi connectivity index (χ2v) is 7.28. The summed E-state index contributed by atoms with van der Waals surface area (Å²) in [7, 11) is 0. The third kappa shape index (κ3) is 3.32. The van der Waals surface area contributed by atoms with E-state index in [1.165, 1.54) is 0 Å². The number of rotatable bonds is 4. The Hall–Kier alpha value is -3.66. The predicted octanol–water partition coefficient (Wildman–Crippen LogP) is 7.04. The number of benzene rings is 4. The minimum Gasteiger partial charge on any atom is -0.513 e. The molecular formula is C27H18IrN3O-. The van der Waals surface area contributed by atoms with Gasteiger partial charge in [-0.05, 0) is 42.1 Å². The van der Waals surface area contributed by atoms with Crippen molar-refractivity contribution in [3.63, 3.8) is 0 Å². The monoisotopic (exact) mass is 593 g/mol. The molecule has 0 saturated heterocycles. The van der Waals surface area contributed by atoms with Gasteiger partial charge in [0.1, 0.15) is 5.58 Å². The first-order valence-electron chi connectivity index (χ1n) is 10.2. The zero-order valence-corrected chi connectivity index (χ0v) is 19.4. The molecule has 6 aromatic rings. The van der Waals surface area contributed by atoms with Crippen LogP contribution in [0.2, 0.25) is 0 Å². The van der Waals surface area contributed by atoms with E-state index in [0.717, 1.165) is 44.7 Å². The first-order valence-corrected chi connectivity index (χ1v) is 10.2. The SMILES string of the molecule is [Ir].[c-]1cc(N(c2ccccc2)c2ccccc2)c2c(oc3ccccc32)c1-n1cccn1. The van der Waals surface area contributed by atoms with Crippen molar-refractivity contribution in [3.8, 4) is 5.69 Å². The molecule has 0 saturated carbocycles. The normalized spacial score (nSPS) is 10.9. The van der Waals surface area contributed by atoms with Gasteiger partial charge in [-0.2, -0.15) is 17.2 Å². The van der Waals surface area contributed by atoms with Gasteiger partial charge in [-0.1, -0.05) is 65.7 Å². The predicted molar refractivity (Wildman–Crippen MR) is 124 cm³/mol. The molecule has 4 nitrogen and oxygen atoms in total. The van der Waals surface area contributed by atoms with Crippen LogP contribution in [-0.2, 0) is 20.1 Å². The Bertz CT molecular complexity index is 1440. The summed E-state index contributed by atoms with van der Waals surface area (Å²) in [4.78, 5) is 2.24. The molecule has 5 heteroatoms. The molecule has 6 rings (SSSR count). The van der Waals surface area contributed by atoms with Gasteiger partial charge in [0.15, 0.2) is 0 Å². The van der Waals surface area contributed by atoms with Gasteiger partial charge < -0.3 is 9.32 Å². The maximum absolute atomic E-state index is 6.35. The average molecular weight is 593 g/mol. The third-order valence-corrected chi connectivity index (χ3v) is 5.42. The van der Waals surface area contributed by atoms with Crippen LogP contribution in [0.15, 0.2) is 114 Å². The first-order chi connectivity index (χ1) is 15.4. The van der Waals surface area contributed by atoms with Crippen molar-refractivity contribution in [2.24, 2.45) is 0 Å². The Morgan fingerprint density at radius 2 is 1.44 bits per heavy atom. The molecule has 2 heterocycles. The first kappa shape index (κ1) is 20.3. The number of anilines is 3. The summed E-state index contributed by atoms with van der Waals surface area (Å²) in [5.74, 6) is 0. The number of hydrogen-bond acceptors (Lipinski definition) is 3. The zero-order chi connectivity index (χ0) is 20.6. The van der Waals surface area contributed by atoms with Crippen LogP contribution in [-0.4, -0.2) is 9.78 Å². The molecule has 0 unspecified atom stereocenters. The van der Waals surface area contributed by atoms with Gasteiger partial charge >= 0.3 is 0 Å². The topological polar surface area (TPSA) is 34.2 Å². The minimum atomic E-state index is 0. The summed E-state index contributed by atoms with van der Waals surface area (Å²) < 4.78 is 8.15. The molecule has 0 fully saturated rings. The Labute approximate surface area is 199 Å². The molecule has 0 atom stereocenters. The van der Waals surface area contributed by atoms with Gasteiger partial charge in [-0.15, -0.1) is 0 Å². The quantitative estimate of drug-likeness (QED) is 0.206. The molecule has 32 heavy (non-hydrogen) atoms. The Morgan fingerprint density at radius 1 is 0.781 bits per heavy atom. The maximum atomic E-state index is 6.35. The molecule has 0 aliphatic rings. The molecule has 0 aliphatic heterocycles. The van der Waals surface area contributed by atoms with Crippen molar-refractivity contribution < 1.29 is 24.5 Å². The van der Waals surface area contributed by atoms with E-state index in [4.69, 9.17) is 4.42 Å². The summed E-state index contributed by atoms with van der Waals surface area (Å²) in [5.41, 5.74) is 5.54. The van der Waals surface area contributed by atoms with Gasteiger partial charge in [-0.25, -0.2) is 0 Å². The minimum absolute atomic E-state index is 0. The van der Waals surface area contributed by atoms with E-state index in [1.807, 2.05) is 48.7 Å². The van der Waals surface area contributed by atoms with E-state index in [-0.39, 0.29) is 20.1 Å². The summed E-state index contributed by atoms with van der Waals surface area (Å²) >= 11 is 0. The van der Waals surface area contributed by atoms with E-state index in [1.54, 1.807) is 10.9 Å². The molecule has 0 amide bonds. The second kappa shape index (κ2) is 8.46. The third-order valence-electron chi connectivity index (χ3n) is 5.42. The number of para-hydroxylation sites is 3. The van der Waals surface area contributed by atoms with E-state index in [2.05, 4.69) is 70.7 Å². The molecule has 4 aromatic carbocycles. The van der Waals surface area contributed by atoms with E-state index < -0.39 is 0 Å². The number of aromatic nitrogens is 2. The van der Waals surface area contributed by atoms with Gasteiger partial charge in [0, 0.05) is 54.8 Å². The molecule has 2 aromatic heterocycles. The molecule has 1 radical (unpaired) electrons. The van der Waals surface area contributed by atoms with Crippen molar-refractivity contribution in [2.75, 3.05) is 4.90 Å². The molecule has 0 spiro atoms. The van der Waals surface area contributed by atoms with Crippen molar-refractivity contribution in [2.45, 2.75) is 0 Å². The summed E-state index contributed by atoms with van der Waals surface area (Å²) in [6.07, 6.45) is 3.67. The fraction of sp³-hybridized carbons (Fsp3) is 0. The van der Waals surface area contributed by atoms with Crippen LogP contribution in [0.4, 0.5) is 17.1 Å². The van der Waals surface area contributed by atoms with E-state index >= 15 is 0 Å². The summed E-state index contributed by atoms with van der Waals surface area (Å²) in [6.45, 7) is 0. The van der Waals surface area contributed by atoms with Crippen LogP contribution in [0.3, 0.4) is 0 Å². The zero-order valence-electron chi connectivity index (χ0n) is 17.0. The standard InChI is InChI=1S/C27H18N3O.Ir/c1-3-10-20(11-4-1)30(21-12-5-2-6-13-21)23-16-17-24(29-19-9-18-28-29)27-26(23)22-14-7-8-15-25(22)31-27;/h1-16,18-19H;/q-1;. The molecule has 157 valence electrons.